The number of aromatic nitrogens is 1. The molecule has 3 heterocycles. The summed E-state index contributed by atoms with van der Waals surface area (Å²) in [5, 5.41) is 1.04. The lowest BCUT2D eigenvalue weighted by molar-refractivity contribution is -0.122. The number of thiocarbonyl (C=S) groups is 1. The molecule has 2 aliphatic heterocycles. The van der Waals surface area contributed by atoms with Crippen molar-refractivity contribution < 1.29 is 4.79 Å². The Morgan fingerprint density at radius 2 is 1.81 bits per heavy atom. The minimum atomic E-state index is -0.103. The van der Waals surface area contributed by atoms with Crippen LogP contribution in [0.5, 0.6) is 0 Å². The van der Waals surface area contributed by atoms with E-state index in [1.165, 1.54) is 11.8 Å². The number of pyridine rings is 1. The zero-order valence-electron chi connectivity index (χ0n) is 19.1. The molecule has 0 bridgehead atoms. The van der Waals surface area contributed by atoms with Gasteiger partial charge in [0.25, 0.3) is 11.5 Å². The van der Waals surface area contributed by atoms with Crippen molar-refractivity contribution in [1.82, 2.24) is 14.4 Å². The fraction of sp³-hybridized carbons (Fsp3) is 0.458. The van der Waals surface area contributed by atoms with Gasteiger partial charge in [-0.2, -0.15) is 0 Å². The van der Waals surface area contributed by atoms with Gasteiger partial charge in [0.05, 0.1) is 21.7 Å². The molecule has 2 aliphatic rings. The number of likely N-dealkylation sites (N-methyl/N-ethyl adjacent to an activating group) is 1. The van der Waals surface area contributed by atoms with Crippen LogP contribution >= 0.6 is 24.0 Å². The van der Waals surface area contributed by atoms with E-state index in [9.17, 15) is 9.59 Å². The van der Waals surface area contributed by atoms with Crippen molar-refractivity contribution in [3.8, 4) is 0 Å². The third-order valence-electron chi connectivity index (χ3n) is 6.01. The molecule has 0 radical (unpaired) electrons. The highest BCUT2D eigenvalue weighted by molar-refractivity contribution is 8.26. The number of piperazine rings is 1. The van der Waals surface area contributed by atoms with Gasteiger partial charge in [-0.3, -0.25) is 14.5 Å². The number of amides is 1. The fourth-order valence-corrected chi connectivity index (χ4v) is 5.64. The Morgan fingerprint density at radius 1 is 1.12 bits per heavy atom. The van der Waals surface area contributed by atoms with E-state index in [-0.39, 0.29) is 11.5 Å². The second-order valence-corrected chi connectivity index (χ2v) is 10.5. The number of nitrogens with zero attached hydrogens (tertiary/aromatic N) is 4. The topological polar surface area (TPSA) is 48.8 Å². The van der Waals surface area contributed by atoms with Gasteiger partial charge in [-0.05, 0) is 32.0 Å². The normalized spacial score (nSPS) is 19.2. The molecule has 0 spiro atoms. The minimum absolute atomic E-state index is 0.0609. The molecule has 0 aliphatic carbocycles. The smallest absolute Gasteiger partial charge is 0.266 e. The zero-order valence-corrected chi connectivity index (χ0v) is 20.8. The molecular formula is C24H30N4O2S2. The van der Waals surface area contributed by atoms with E-state index in [0.717, 1.165) is 42.8 Å². The summed E-state index contributed by atoms with van der Waals surface area (Å²) in [5.41, 5.74) is 2.38. The Bertz CT molecular complexity index is 1150. The first-order valence-electron chi connectivity index (χ1n) is 11.2. The Kier molecular flexibility index (Phi) is 6.74. The molecule has 4 rings (SSSR count). The van der Waals surface area contributed by atoms with Crippen molar-refractivity contribution in [3.05, 3.63) is 45.1 Å². The van der Waals surface area contributed by atoms with Crippen molar-refractivity contribution in [1.29, 1.82) is 0 Å². The SMILES string of the molecule is CCn1c(=O)c(C=C2SC(=S)N(CC(C)C)C2=O)c(N2CCN(C)CC2)c2ccccc21. The largest absolute Gasteiger partial charge is 0.368 e. The van der Waals surface area contributed by atoms with E-state index in [0.29, 0.717) is 33.8 Å². The van der Waals surface area contributed by atoms with Crippen LogP contribution in [0.1, 0.15) is 26.3 Å². The fourth-order valence-electron chi connectivity index (χ4n) is 4.38. The van der Waals surface area contributed by atoms with Crippen molar-refractivity contribution in [2.24, 2.45) is 5.92 Å². The highest BCUT2D eigenvalue weighted by Gasteiger charge is 2.33. The van der Waals surface area contributed by atoms with Gasteiger partial charge in [0.15, 0.2) is 0 Å². The van der Waals surface area contributed by atoms with Crippen molar-refractivity contribution in [2.45, 2.75) is 27.3 Å². The molecule has 1 amide bonds. The van der Waals surface area contributed by atoms with Gasteiger partial charge in [0, 0.05) is 44.7 Å². The van der Waals surface area contributed by atoms with E-state index in [4.69, 9.17) is 12.2 Å². The Hall–Kier alpha value is -2.16. The first-order valence-corrected chi connectivity index (χ1v) is 12.4. The van der Waals surface area contributed by atoms with E-state index in [2.05, 4.69) is 36.8 Å². The van der Waals surface area contributed by atoms with Crippen LogP contribution in [0.4, 0.5) is 5.69 Å². The van der Waals surface area contributed by atoms with Gasteiger partial charge in [-0.1, -0.05) is 56.0 Å². The summed E-state index contributed by atoms with van der Waals surface area (Å²) in [6, 6.07) is 8.07. The average molecular weight is 471 g/mol. The molecule has 2 aromatic rings. The lowest BCUT2D eigenvalue weighted by Gasteiger charge is -2.35. The maximum Gasteiger partial charge on any atom is 0.266 e. The molecule has 2 saturated heterocycles. The number of aryl methyl sites for hydroxylation is 1. The first kappa shape index (κ1) is 23.0. The third kappa shape index (κ3) is 4.23. The van der Waals surface area contributed by atoms with Crippen LogP contribution in [0.3, 0.4) is 0 Å². The summed E-state index contributed by atoms with van der Waals surface area (Å²) in [6.07, 6.45) is 1.79. The highest BCUT2D eigenvalue weighted by Crippen LogP contribution is 2.36. The maximum atomic E-state index is 13.7. The lowest BCUT2D eigenvalue weighted by Crippen LogP contribution is -2.45. The summed E-state index contributed by atoms with van der Waals surface area (Å²) in [4.78, 5) is 33.6. The van der Waals surface area contributed by atoms with Gasteiger partial charge < -0.3 is 14.4 Å². The van der Waals surface area contributed by atoms with Gasteiger partial charge in [-0.25, -0.2) is 0 Å². The summed E-state index contributed by atoms with van der Waals surface area (Å²) >= 11 is 6.78. The number of carbonyl (C=O) groups excluding carboxylic acids is 1. The maximum absolute atomic E-state index is 13.7. The number of anilines is 1. The molecule has 1 aromatic heterocycles. The molecule has 1 aromatic carbocycles. The monoisotopic (exact) mass is 470 g/mol. The van der Waals surface area contributed by atoms with E-state index < -0.39 is 0 Å². The quantitative estimate of drug-likeness (QED) is 0.491. The molecule has 2 fully saturated rings. The number of carbonyl (C=O) groups is 1. The molecule has 32 heavy (non-hydrogen) atoms. The van der Waals surface area contributed by atoms with Crippen LogP contribution in [0.15, 0.2) is 34.0 Å². The van der Waals surface area contributed by atoms with Crippen LogP contribution in [0.2, 0.25) is 0 Å². The van der Waals surface area contributed by atoms with Gasteiger partial charge in [-0.15, -0.1) is 0 Å². The number of rotatable bonds is 5. The molecular weight excluding hydrogens is 440 g/mol. The standard InChI is InChI=1S/C24H30N4O2S2/c1-5-27-19-9-7-6-8-17(19)21(26-12-10-25(4)11-13-26)18(22(27)29)14-20-23(30)28(15-16(2)3)24(31)32-20/h6-9,14,16H,5,10-13,15H2,1-4H3. The number of para-hydroxylation sites is 1. The van der Waals surface area contributed by atoms with Gasteiger partial charge in [0.1, 0.15) is 4.32 Å². The number of fused-ring (bicyclic) bond motifs is 1. The van der Waals surface area contributed by atoms with Crippen molar-refractivity contribution in [2.75, 3.05) is 44.7 Å². The number of hydrogen-bond donors (Lipinski definition) is 0. The van der Waals surface area contributed by atoms with E-state index in [1.807, 2.05) is 25.1 Å². The van der Waals surface area contributed by atoms with Crippen LogP contribution in [0.25, 0.3) is 17.0 Å². The van der Waals surface area contributed by atoms with Crippen molar-refractivity contribution in [3.63, 3.8) is 0 Å². The van der Waals surface area contributed by atoms with Gasteiger partial charge in [0.2, 0.25) is 0 Å². The third-order valence-corrected chi connectivity index (χ3v) is 7.39. The summed E-state index contributed by atoms with van der Waals surface area (Å²) in [6.45, 7) is 10.8. The summed E-state index contributed by atoms with van der Waals surface area (Å²) in [7, 11) is 2.12. The summed E-state index contributed by atoms with van der Waals surface area (Å²) < 4.78 is 2.36. The Morgan fingerprint density at radius 3 is 2.47 bits per heavy atom. The number of hydrogen-bond acceptors (Lipinski definition) is 6. The minimum Gasteiger partial charge on any atom is -0.368 e. The van der Waals surface area contributed by atoms with Crippen molar-refractivity contribution >= 4 is 56.9 Å². The lowest BCUT2D eigenvalue weighted by atomic mass is 10.0. The second kappa shape index (κ2) is 9.37. The first-order chi connectivity index (χ1) is 15.3. The Balaban J connectivity index is 1.90. The predicted molar refractivity (Wildman–Crippen MR) is 138 cm³/mol. The number of benzene rings is 1. The summed E-state index contributed by atoms with van der Waals surface area (Å²) in [5.74, 6) is 0.212. The molecule has 0 atom stereocenters. The molecule has 0 unspecified atom stereocenters. The van der Waals surface area contributed by atoms with Crippen LogP contribution in [0, 0.1) is 5.92 Å². The molecule has 6 nitrogen and oxygen atoms in total. The predicted octanol–water partition coefficient (Wildman–Crippen LogP) is 3.63. The van der Waals surface area contributed by atoms with Crippen LogP contribution in [-0.2, 0) is 11.3 Å². The molecule has 170 valence electrons. The second-order valence-electron chi connectivity index (χ2n) is 8.81. The zero-order chi connectivity index (χ0) is 23.0. The van der Waals surface area contributed by atoms with Gasteiger partial charge >= 0.3 is 0 Å². The highest BCUT2D eigenvalue weighted by atomic mass is 32.2. The van der Waals surface area contributed by atoms with Crippen LogP contribution in [-0.4, -0.2) is 64.4 Å². The number of thioether (sulfide) groups is 1. The molecule has 0 saturated carbocycles. The molecule has 8 heteroatoms. The molecule has 0 N–H and O–H groups in total. The van der Waals surface area contributed by atoms with E-state index >= 15 is 0 Å². The Labute approximate surface area is 198 Å². The average Bonchev–Trinajstić information content (AvgIpc) is 3.02. The van der Waals surface area contributed by atoms with E-state index in [1.54, 1.807) is 15.5 Å². The van der Waals surface area contributed by atoms with Crippen LogP contribution < -0.4 is 10.5 Å².